The van der Waals surface area contributed by atoms with Crippen molar-refractivity contribution in [1.82, 2.24) is 0 Å². The fraction of sp³-hybridized carbons (Fsp3) is 1.00. The third-order valence-electron chi connectivity index (χ3n) is 3.79. The van der Waals surface area contributed by atoms with Crippen LogP contribution in [0.3, 0.4) is 0 Å². The van der Waals surface area contributed by atoms with Crippen molar-refractivity contribution in [3.63, 3.8) is 0 Å². The van der Waals surface area contributed by atoms with Gasteiger partial charge in [-0.05, 0) is 0 Å². The van der Waals surface area contributed by atoms with Crippen LogP contribution >= 0.6 is 0 Å². The van der Waals surface area contributed by atoms with Crippen LogP contribution in [0, 0.1) is 0 Å². The predicted molar refractivity (Wildman–Crippen MR) is 88.0 cm³/mol. The second kappa shape index (κ2) is 15.6. The van der Waals surface area contributed by atoms with Gasteiger partial charge in [0.2, 0.25) is 0 Å². The maximum absolute atomic E-state index is 2.60. The van der Waals surface area contributed by atoms with E-state index < -0.39 is 0 Å². The Labute approximate surface area is 122 Å². The first-order valence-electron chi connectivity index (χ1n) is 8.49. The van der Waals surface area contributed by atoms with Gasteiger partial charge in [-0.1, -0.05) is 0 Å². The van der Waals surface area contributed by atoms with Crippen LogP contribution in [0.2, 0.25) is 16.1 Å². The molecule has 0 aromatic heterocycles. The Morgan fingerprint density at radius 1 is 0.500 bits per heavy atom. The summed E-state index contributed by atoms with van der Waals surface area (Å²) in [7, 11) is 0. The van der Waals surface area contributed by atoms with Gasteiger partial charge in [-0.15, -0.1) is 0 Å². The zero-order chi connectivity index (χ0) is 13.5. The third-order valence-corrected chi connectivity index (χ3v) is 8.32. The van der Waals surface area contributed by atoms with Crippen molar-refractivity contribution in [2.24, 2.45) is 0 Å². The first-order valence-corrected chi connectivity index (χ1v) is 13.0. The van der Waals surface area contributed by atoms with Crippen molar-refractivity contribution in [3.05, 3.63) is 0 Å². The van der Waals surface area contributed by atoms with Crippen LogP contribution < -0.4 is 0 Å². The van der Waals surface area contributed by atoms with E-state index in [-0.39, 0.29) is 14.7 Å². The van der Waals surface area contributed by atoms with Gasteiger partial charge in [0, 0.05) is 0 Å². The topological polar surface area (TPSA) is 0 Å². The third kappa shape index (κ3) is 14.6. The minimum atomic E-state index is -0.384. The molecule has 110 valence electrons. The van der Waals surface area contributed by atoms with E-state index in [9.17, 15) is 0 Å². The molecule has 0 N–H and O–H groups in total. The molecule has 0 aromatic carbocycles. The molecule has 18 heavy (non-hydrogen) atoms. The molecule has 0 radical (unpaired) electrons. The molecule has 0 spiro atoms. The Bertz CT molecular complexity index is 129. The number of unbranched alkanes of at least 4 members (excludes halogenated alkanes) is 10. The van der Waals surface area contributed by atoms with E-state index in [0.29, 0.717) is 0 Å². The Balaban J connectivity index is 3.10. The number of rotatable bonds is 14. The van der Waals surface area contributed by atoms with Crippen molar-refractivity contribution >= 4 is 14.7 Å². The average Bonchev–Trinajstić information content (AvgIpc) is 2.38. The minimum absolute atomic E-state index is 0.384. The second-order valence-electron chi connectivity index (χ2n) is 5.84. The summed E-state index contributed by atoms with van der Waals surface area (Å²) < 4.78 is 0. The summed E-state index contributed by atoms with van der Waals surface area (Å²) in [5.74, 6) is 0. The predicted octanol–water partition coefficient (Wildman–Crippen LogP) is 6.83. The van der Waals surface area contributed by atoms with Crippen molar-refractivity contribution in [2.75, 3.05) is 0 Å². The Morgan fingerprint density at radius 2 is 0.833 bits per heavy atom. The summed E-state index contributed by atoms with van der Waals surface area (Å²) in [6, 6.07) is 0. The molecule has 0 aliphatic carbocycles. The van der Waals surface area contributed by atoms with Gasteiger partial charge in [-0.3, -0.25) is 0 Å². The van der Waals surface area contributed by atoms with E-state index in [2.05, 4.69) is 19.6 Å². The summed E-state index contributed by atoms with van der Waals surface area (Å²) in [6.45, 7) is 4.60. The van der Waals surface area contributed by atoms with Crippen molar-refractivity contribution in [2.45, 2.75) is 107 Å². The zero-order valence-corrected chi connectivity index (χ0v) is 15.2. The molecule has 0 bridgehead atoms. The Morgan fingerprint density at radius 3 is 1.22 bits per heavy atom. The van der Waals surface area contributed by atoms with Gasteiger partial charge in [0.1, 0.15) is 0 Å². The first-order chi connectivity index (χ1) is 8.81. The average molecular weight is 316 g/mol. The summed E-state index contributed by atoms with van der Waals surface area (Å²) in [5.41, 5.74) is 2.60. The van der Waals surface area contributed by atoms with Gasteiger partial charge in [0.25, 0.3) is 0 Å². The van der Waals surface area contributed by atoms with Crippen molar-refractivity contribution in [3.8, 4) is 0 Å². The van der Waals surface area contributed by atoms with Crippen LogP contribution in [0.5, 0.6) is 0 Å². The van der Waals surface area contributed by atoms with Gasteiger partial charge in [-0.2, -0.15) is 0 Å². The van der Waals surface area contributed by atoms with Crippen molar-refractivity contribution < 1.29 is 0 Å². The van der Waals surface area contributed by atoms with E-state index in [1.54, 1.807) is 10.4 Å². The molecule has 1 heteroatoms. The molecule has 0 atom stereocenters. The molecular formula is C17H37As. The van der Waals surface area contributed by atoms with Gasteiger partial charge < -0.3 is 0 Å². The number of hydrogen-bond donors (Lipinski definition) is 0. The van der Waals surface area contributed by atoms with E-state index in [1.807, 2.05) is 0 Å². The molecule has 0 saturated heterocycles. The summed E-state index contributed by atoms with van der Waals surface area (Å²) >= 11 is -0.384. The molecule has 0 amide bonds. The van der Waals surface area contributed by atoms with E-state index in [1.165, 1.54) is 77.0 Å². The number of hydrogen-bond acceptors (Lipinski definition) is 0. The van der Waals surface area contributed by atoms with Crippen LogP contribution in [-0.2, 0) is 0 Å². The van der Waals surface area contributed by atoms with Gasteiger partial charge >= 0.3 is 122 Å². The molecule has 0 fully saturated rings. The quantitative estimate of drug-likeness (QED) is 0.243. The fourth-order valence-corrected chi connectivity index (χ4v) is 6.11. The Hall–Kier alpha value is 0.558. The summed E-state index contributed by atoms with van der Waals surface area (Å²) in [5, 5.41) is 3.24. The van der Waals surface area contributed by atoms with Crippen LogP contribution in [0.1, 0.15) is 90.9 Å². The van der Waals surface area contributed by atoms with Crippen LogP contribution in [-0.4, -0.2) is 14.7 Å². The first kappa shape index (κ1) is 18.6. The molecule has 0 unspecified atom stereocenters. The summed E-state index contributed by atoms with van der Waals surface area (Å²) in [4.78, 5) is 0. The van der Waals surface area contributed by atoms with Gasteiger partial charge in [0.15, 0.2) is 0 Å². The van der Waals surface area contributed by atoms with Crippen LogP contribution in [0.15, 0.2) is 0 Å². The van der Waals surface area contributed by atoms with Crippen LogP contribution in [0.25, 0.3) is 0 Å². The summed E-state index contributed by atoms with van der Waals surface area (Å²) in [6.07, 6.45) is 17.7. The van der Waals surface area contributed by atoms with E-state index >= 15 is 0 Å². The van der Waals surface area contributed by atoms with Gasteiger partial charge in [-0.25, -0.2) is 0 Å². The zero-order valence-electron chi connectivity index (χ0n) is 13.3. The molecular weight excluding hydrogens is 279 g/mol. The fourth-order valence-electron chi connectivity index (χ4n) is 2.44. The van der Waals surface area contributed by atoms with E-state index in [0.717, 1.165) is 0 Å². The standard InChI is InChI=1S/C17H37As/c1-4-6-8-10-12-14-16-18(3)17-15-13-11-9-7-5-2/h4-17H2,1-3H3. The van der Waals surface area contributed by atoms with Crippen LogP contribution in [0.4, 0.5) is 0 Å². The molecule has 0 heterocycles. The maximum atomic E-state index is 2.60. The monoisotopic (exact) mass is 316 g/mol. The molecule has 0 saturated carbocycles. The molecule has 0 nitrogen and oxygen atoms in total. The molecule has 0 aliphatic rings. The molecule has 0 rings (SSSR count). The van der Waals surface area contributed by atoms with Gasteiger partial charge in [0.05, 0.1) is 0 Å². The van der Waals surface area contributed by atoms with E-state index in [4.69, 9.17) is 0 Å². The molecule has 0 aromatic rings. The normalized spacial score (nSPS) is 11.3. The SMILES string of the molecule is CCCCCCCC[As](C)CCCCCCCC. The Kier molecular flexibility index (Phi) is 16.1. The molecule has 0 aliphatic heterocycles. The second-order valence-corrected chi connectivity index (χ2v) is 11.3. The van der Waals surface area contributed by atoms with Crippen molar-refractivity contribution in [1.29, 1.82) is 0 Å².